The second-order valence-corrected chi connectivity index (χ2v) is 5.96. The zero-order valence-corrected chi connectivity index (χ0v) is 14.7. The molecular formula is C17H23NO6. The molecule has 0 bridgehead atoms. The van der Waals surface area contributed by atoms with E-state index in [9.17, 15) is 14.4 Å². The summed E-state index contributed by atoms with van der Waals surface area (Å²) in [4.78, 5) is 39.4. The Labute approximate surface area is 141 Å². The quantitative estimate of drug-likeness (QED) is 0.551. The molecule has 0 unspecified atom stereocenters. The van der Waals surface area contributed by atoms with Gasteiger partial charge in [0.25, 0.3) is 5.78 Å². The molecule has 7 nitrogen and oxygen atoms in total. The number of carbonyl (C=O) groups is 3. The molecule has 1 saturated heterocycles. The number of rotatable bonds is 5. The number of nitrogens with zero attached hydrogens (tertiary/aromatic N) is 1. The summed E-state index contributed by atoms with van der Waals surface area (Å²) in [5, 5.41) is 0. The van der Waals surface area contributed by atoms with Crippen LogP contribution in [0.1, 0.15) is 20.8 Å². The lowest BCUT2D eigenvalue weighted by molar-refractivity contribution is -0.163. The Morgan fingerprint density at radius 3 is 2.12 bits per heavy atom. The minimum atomic E-state index is -1.49. The van der Waals surface area contributed by atoms with Gasteiger partial charge < -0.3 is 19.1 Å². The molecule has 7 heteroatoms. The molecule has 0 aromatic carbocycles. The number of amides is 1. The van der Waals surface area contributed by atoms with Crippen LogP contribution in [0.5, 0.6) is 0 Å². The van der Waals surface area contributed by atoms with Gasteiger partial charge in [-0.15, -0.1) is 0 Å². The fourth-order valence-corrected chi connectivity index (χ4v) is 3.31. The van der Waals surface area contributed by atoms with Gasteiger partial charge in [0.2, 0.25) is 5.91 Å². The largest absolute Gasteiger partial charge is 0.493 e. The number of methoxy groups -OCH3 is 2. The summed E-state index contributed by atoms with van der Waals surface area (Å²) in [7, 11) is 2.73. The smallest absolute Gasteiger partial charge is 0.322 e. The van der Waals surface area contributed by atoms with Gasteiger partial charge in [-0.05, 0) is 32.9 Å². The highest BCUT2D eigenvalue weighted by atomic mass is 16.5. The molecule has 2 rings (SSSR count). The molecule has 0 aromatic heterocycles. The molecule has 24 heavy (non-hydrogen) atoms. The van der Waals surface area contributed by atoms with Crippen molar-refractivity contribution in [3.05, 3.63) is 23.7 Å². The highest BCUT2D eigenvalue weighted by Gasteiger charge is 2.65. The van der Waals surface area contributed by atoms with Gasteiger partial charge in [0.05, 0.1) is 26.2 Å². The van der Waals surface area contributed by atoms with Crippen LogP contribution >= 0.6 is 0 Å². The maximum Gasteiger partial charge on any atom is 0.322 e. The molecule has 0 radical (unpaired) electrons. The van der Waals surface area contributed by atoms with Gasteiger partial charge >= 0.3 is 5.97 Å². The van der Waals surface area contributed by atoms with Gasteiger partial charge in [0.1, 0.15) is 0 Å². The Bertz CT molecular complexity index is 611. The van der Waals surface area contributed by atoms with E-state index >= 15 is 0 Å². The molecule has 1 amide bonds. The van der Waals surface area contributed by atoms with Gasteiger partial charge in [-0.3, -0.25) is 14.4 Å². The van der Waals surface area contributed by atoms with Gasteiger partial charge in [-0.2, -0.15) is 0 Å². The summed E-state index contributed by atoms with van der Waals surface area (Å²) in [6, 6.07) is 0. The maximum atomic E-state index is 12.9. The van der Waals surface area contributed by atoms with E-state index in [4.69, 9.17) is 14.2 Å². The highest BCUT2D eigenvalue weighted by Crippen LogP contribution is 2.53. The average molecular weight is 337 g/mol. The standard InChI is InChI=1S/C17H23NO6/c1-6-18-10-17(16(3,14(18)20)15(21)24-7-2)8-11(22-4)13(19)12(9-17)23-5/h8-9H,6-7,10H2,1-5H3/t16-/m1/s1. The number of hydrogen-bond acceptors (Lipinski definition) is 6. The van der Waals surface area contributed by atoms with Gasteiger partial charge in [-0.25, -0.2) is 0 Å². The number of ether oxygens (including phenoxy) is 3. The van der Waals surface area contributed by atoms with Gasteiger partial charge in [-0.1, -0.05) is 0 Å². The molecule has 0 N–H and O–H groups in total. The molecule has 1 aliphatic carbocycles. The first-order valence-corrected chi connectivity index (χ1v) is 7.86. The third-order valence-electron chi connectivity index (χ3n) is 4.83. The summed E-state index contributed by atoms with van der Waals surface area (Å²) in [6.45, 7) is 5.90. The predicted molar refractivity (Wildman–Crippen MR) is 84.6 cm³/mol. The van der Waals surface area contributed by atoms with Crippen molar-refractivity contribution in [3.63, 3.8) is 0 Å². The zero-order chi connectivity index (χ0) is 18.1. The van der Waals surface area contributed by atoms with E-state index in [-0.39, 0.29) is 30.6 Å². The molecule has 132 valence electrons. The van der Waals surface area contributed by atoms with E-state index in [1.807, 2.05) is 6.92 Å². The van der Waals surface area contributed by atoms with Crippen LogP contribution in [0.3, 0.4) is 0 Å². The van der Waals surface area contributed by atoms with E-state index < -0.39 is 22.6 Å². The first kappa shape index (κ1) is 18.0. The number of likely N-dealkylation sites (tertiary alicyclic amines) is 1. The van der Waals surface area contributed by atoms with Crippen LogP contribution in [-0.2, 0) is 28.6 Å². The van der Waals surface area contributed by atoms with Crippen LogP contribution in [0.4, 0.5) is 0 Å². The van der Waals surface area contributed by atoms with Gasteiger partial charge in [0.15, 0.2) is 16.9 Å². The summed E-state index contributed by atoms with van der Waals surface area (Å²) < 4.78 is 15.5. The molecule has 1 spiro atoms. The highest BCUT2D eigenvalue weighted by molar-refractivity contribution is 6.10. The Kier molecular flexibility index (Phi) is 4.73. The number of ketones is 1. The lowest BCUT2D eigenvalue weighted by Gasteiger charge is -2.36. The van der Waals surface area contributed by atoms with E-state index in [0.717, 1.165) is 0 Å². The molecule has 1 heterocycles. The third-order valence-corrected chi connectivity index (χ3v) is 4.83. The SMILES string of the molecule is CCOC(=O)[C@@]1(C)C(=O)N(CC)CC12C=C(OC)C(=O)C(OC)=C2. The fourth-order valence-electron chi connectivity index (χ4n) is 3.31. The molecule has 1 fully saturated rings. The van der Waals surface area contributed by atoms with E-state index in [0.29, 0.717) is 6.54 Å². The van der Waals surface area contributed by atoms with E-state index in [1.165, 1.54) is 14.2 Å². The second kappa shape index (κ2) is 6.30. The Morgan fingerprint density at radius 2 is 1.71 bits per heavy atom. The lowest BCUT2D eigenvalue weighted by atomic mass is 9.64. The fraction of sp³-hybridized carbons (Fsp3) is 0.588. The molecule has 1 aliphatic heterocycles. The summed E-state index contributed by atoms with van der Waals surface area (Å²) in [6.07, 6.45) is 3.09. The van der Waals surface area contributed by atoms with Crippen LogP contribution in [0.25, 0.3) is 0 Å². The summed E-state index contributed by atoms with van der Waals surface area (Å²) in [5.74, 6) is -1.28. The van der Waals surface area contributed by atoms with Crippen molar-refractivity contribution in [1.29, 1.82) is 0 Å². The van der Waals surface area contributed by atoms with Crippen LogP contribution in [0.2, 0.25) is 0 Å². The zero-order valence-electron chi connectivity index (χ0n) is 14.7. The first-order valence-electron chi connectivity index (χ1n) is 7.86. The molecule has 0 aromatic rings. The Balaban J connectivity index is 2.69. The second-order valence-electron chi connectivity index (χ2n) is 5.96. The topological polar surface area (TPSA) is 82.1 Å². The number of hydrogen-bond donors (Lipinski definition) is 0. The van der Waals surface area contributed by atoms with Crippen molar-refractivity contribution in [2.75, 3.05) is 33.9 Å². The molecule has 2 aliphatic rings. The molecule has 1 atom stereocenters. The normalized spacial score (nSPS) is 25.5. The van der Waals surface area contributed by atoms with Crippen molar-refractivity contribution in [1.82, 2.24) is 4.90 Å². The van der Waals surface area contributed by atoms with Crippen LogP contribution in [0, 0.1) is 10.8 Å². The summed E-state index contributed by atoms with van der Waals surface area (Å²) >= 11 is 0. The lowest BCUT2D eigenvalue weighted by Crippen LogP contribution is -2.48. The predicted octanol–water partition coefficient (Wildman–Crippen LogP) is 1.05. The maximum absolute atomic E-state index is 12.9. The monoisotopic (exact) mass is 337 g/mol. The van der Waals surface area contributed by atoms with Crippen LogP contribution in [-0.4, -0.2) is 56.5 Å². The minimum absolute atomic E-state index is 0.0515. The average Bonchev–Trinajstić information content (AvgIpc) is 2.79. The van der Waals surface area contributed by atoms with Crippen molar-refractivity contribution in [3.8, 4) is 0 Å². The molecule has 0 saturated carbocycles. The minimum Gasteiger partial charge on any atom is -0.493 e. The first-order chi connectivity index (χ1) is 11.3. The third kappa shape index (κ3) is 2.30. The number of esters is 1. The van der Waals surface area contributed by atoms with Crippen molar-refractivity contribution in [2.24, 2.45) is 10.8 Å². The van der Waals surface area contributed by atoms with E-state index in [1.54, 1.807) is 30.9 Å². The van der Waals surface area contributed by atoms with Crippen molar-refractivity contribution >= 4 is 17.7 Å². The number of carbonyl (C=O) groups excluding carboxylic acids is 3. The van der Waals surface area contributed by atoms with E-state index in [2.05, 4.69) is 0 Å². The van der Waals surface area contributed by atoms with Crippen LogP contribution < -0.4 is 0 Å². The summed E-state index contributed by atoms with van der Waals surface area (Å²) in [5.41, 5.74) is -2.57. The molecular weight excluding hydrogens is 314 g/mol. The Hall–Kier alpha value is -2.31. The Morgan fingerprint density at radius 1 is 1.17 bits per heavy atom. The number of Topliss-reactive ketones (excluding diaryl/α,β-unsaturated/α-hetero) is 1. The van der Waals surface area contributed by atoms with Crippen molar-refractivity contribution in [2.45, 2.75) is 20.8 Å². The van der Waals surface area contributed by atoms with Crippen LogP contribution in [0.15, 0.2) is 23.7 Å². The van der Waals surface area contributed by atoms with Gasteiger partial charge in [0, 0.05) is 13.1 Å². The van der Waals surface area contributed by atoms with Crippen molar-refractivity contribution < 1.29 is 28.6 Å².